The van der Waals surface area contributed by atoms with Gasteiger partial charge in [-0.1, -0.05) is 31.5 Å². The summed E-state index contributed by atoms with van der Waals surface area (Å²) < 4.78 is 16.2. The molecule has 0 unspecified atom stereocenters. The normalized spacial score (nSPS) is 10.5. The van der Waals surface area contributed by atoms with E-state index in [-0.39, 0.29) is 11.0 Å². The van der Waals surface area contributed by atoms with Crippen LogP contribution in [0.3, 0.4) is 0 Å². The molecule has 0 radical (unpaired) electrons. The van der Waals surface area contributed by atoms with Crippen molar-refractivity contribution < 1.29 is 19.0 Å². The highest BCUT2D eigenvalue weighted by Gasteiger charge is 2.12. The number of carbonyl (C=O) groups is 1. The maximum atomic E-state index is 12.5. The van der Waals surface area contributed by atoms with Crippen molar-refractivity contribution in [2.75, 3.05) is 20.8 Å². The smallest absolute Gasteiger partial charge is 0.257 e. The molecule has 8 heteroatoms. The van der Waals surface area contributed by atoms with E-state index in [1.165, 1.54) is 0 Å². The lowest BCUT2D eigenvalue weighted by atomic mass is 10.1. The molecule has 0 aliphatic carbocycles. The molecule has 0 aliphatic rings. The molecule has 0 spiro atoms. The van der Waals surface area contributed by atoms with Crippen LogP contribution in [0.5, 0.6) is 17.2 Å². The van der Waals surface area contributed by atoms with Crippen LogP contribution in [0.4, 0.5) is 0 Å². The Balaban J connectivity index is 1.93. The van der Waals surface area contributed by atoms with E-state index in [1.54, 1.807) is 44.6 Å². The minimum absolute atomic E-state index is 0.192. The monoisotopic (exact) mass is 450 g/mol. The summed E-state index contributed by atoms with van der Waals surface area (Å²) in [6.45, 7) is 5.19. The molecule has 0 aromatic heterocycles. The van der Waals surface area contributed by atoms with Crippen LogP contribution in [0.1, 0.15) is 36.2 Å². The van der Waals surface area contributed by atoms with E-state index in [4.69, 9.17) is 38.0 Å². The van der Waals surface area contributed by atoms with Gasteiger partial charge < -0.3 is 19.5 Å². The van der Waals surface area contributed by atoms with Crippen LogP contribution in [-0.2, 0) is 6.54 Å². The molecule has 162 valence electrons. The van der Waals surface area contributed by atoms with Crippen molar-refractivity contribution in [1.29, 1.82) is 0 Å². The zero-order valence-electron chi connectivity index (χ0n) is 17.6. The molecular weight excluding hydrogens is 424 g/mol. The Bertz CT molecular complexity index is 889. The third kappa shape index (κ3) is 7.07. The minimum Gasteiger partial charge on any atom is -0.494 e. The van der Waals surface area contributed by atoms with Crippen molar-refractivity contribution >= 4 is 34.8 Å². The number of nitrogens with one attached hydrogen (secondary N) is 2. The Morgan fingerprint density at radius 3 is 2.50 bits per heavy atom. The van der Waals surface area contributed by atoms with Crippen molar-refractivity contribution in [2.24, 2.45) is 5.92 Å². The molecule has 0 saturated heterocycles. The first-order valence-corrected chi connectivity index (χ1v) is 10.3. The highest BCUT2D eigenvalue weighted by molar-refractivity contribution is 7.80. The Morgan fingerprint density at radius 1 is 1.13 bits per heavy atom. The summed E-state index contributed by atoms with van der Waals surface area (Å²) in [7, 11) is 3.09. The lowest BCUT2D eigenvalue weighted by molar-refractivity contribution is 0.0976. The van der Waals surface area contributed by atoms with Crippen LogP contribution in [0, 0.1) is 5.92 Å². The number of ether oxygens (including phenoxy) is 3. The topological polar surface area (TPSA) is 68.8 Å². The summed E-state index contributed by atoms with van der Waals surface area (Å²) in [5.74, 6) is 1.99. The Morgan fingerprint density at radius 2 is 1.83 bits per heavy atom. The first-order valence-electron chi connectivity index (χ1n) is 9.56. The van der Waals surface area contributed by atoms with Gasteiger partial charge in [-0.3, -0.25) is 10.1 Å². The van der Waals surface area contributed by atoms with Crippen LogP contribution in [0.15, 0.2) is 36.4 Å². The quantitative estimate of drug-likeness (QED) is 0.545. The third-order valence-corrected chi connectivity index (χ3v) is 4.88. The Kier molecular flexibility index (Phi) is 9.20. The predicted molar refractivity (Wildman–Crippen MR) is 123 cm³/mol. The zero-order chi connectivity index (χ0) is 22.1. The molecule has 0 saturated carbocycles. The second-order valence-electron chi connectivity index (χ2n) is 6.99. The lowest BCUT2D eigenvalue weighted by Crippen LogP contribution is -2.38. The summed E-state index contributed by atoms with van der Waals surface area (Å²) in [6, 6.07) is 10.4. The van der Waals surface area contributed by atoms with Gasteiger partial charge in [-0.2, -0.15) is 0 Å². The third-order valence-electron chi connectivity index (χ3n) is 4.28. The number of hydrogen-bond donors (Lipinski definition) is 2. The van der Waals surface area contributed by atoms with E-state index < -0.39 is 0 Å². The van der Waals surface area contributed by atoms with Gasteiger partial charge in [0.15, 0.2) is 16.6 Å². The van der Waals surface area contributed by atoms with E-state index in [0.717, 1.165) is 12.0 Å². The second kappa shape index (κ2) is 11.6. The summed E-state index contributed by atoms with van der Waals surface area (Å²) in [6.07, 6.45) is 0.948. The van der Waals surface area contributed by atoms with E-state index in [0.29, 0.717) is 46.9 Å². The highest BCUT2D eigenvalue weighted by Crippen LogP contribution is 2.32. The standard InChI is InChI=1S/C22H27ClN2O4S/c1-14(2)8-9-29-17-7-5-6-15(10-17)21(26)25-22(30)24-13-16-11-19(27-3)20(28-4)12-18(16)23/h5-7,10-12,14H,8-9,13H2,1-4H3,(H2,24,25,26,30). The van der Waals surface area contributed by atoms with Crippen LogP contribution < -0.4 is 24.8 Å². The van der Waals surface area contributed by atoms with Crippen molar-refractivity contribution in [3.05, 3.63) is 52.5 Å². The van der Waals surface area contributed by atoms with Gasteiger partial charge in [0.1, 0.15) is 5.75 Å². The molecule has 0 aliphatic heterocycles. The molecule has 2 N–H and O–H groups in total. The number of halogens is 1. The molecular formula is C22H27ClN2O4S. The first-order chi connectivity index (χ1) is 14.3. The van der Waals surface area contributed by atoms with E-state index >= 15 is 0 Å². The Hall–Kier alpha value is -2.51. The molecule has 1 amide bonds. The molecule has 0 atom stereocenters. The van der Waals surface area contributed by atoms with Gasteiger partial charge in [0.05, 0.1) is 20.8 Å². The maximum Gasteiger partial charge on any atom is 0.257 e. The number of carbonyl (C=O) groups excluding carboxylic acids is 1. The second-order valence-corrected chi connectivity index (χ2v) is 7.81. The summed E-state index contributed by atoms with van der Waals surface area (Å²) >= 11 is 11.5. The van der Waals surface area contributed by atoms with Gasteiger partial charge in [-0.05, 0) is 54.4 Å². The molecule has 0 bridgehead atoms. The average Bonchev–Trinajstić information content (AvgIpc) is 2.72. The first kappa shape index (κ1) is 23.8. The van der Waals surface area contributed by atoms with Gasteiger partial charge >= 0.3 is 0 Å². The van der Waals surface area contributed by atoms with Crippen LogP contribution in [0.25, 0.3) is 0 Å². The fraction of sp³-hybridized carbons (Fsp3) is 0.364. The van der Waals surface area contributed by atoms with Gasteiger partial charge in [0.2, 0.25) is 0 Å². The molecule has 6 nitrogen and oxygen atoms in total. The van der Waals surface area contributed by atoms with Gasteiger partial charge in [0, 0.05) is 23.2 Å². The Labute approximate surface area is 187 Å². The van der Waals surface area contributed by atoms with Gasteiger partial charge in [-0.25, -0.2) is 0 Å². The maximum absolute atomic E-state index is 12.5. The average molecular weight is 451 g/mol. The van der Waals surface area contributed by atoms with Crippen molar-refractivity contribution in [3.63, 3.8) is 0 Å². The van der Waals surface area contributed by atoms with Gasteiger partial charge in [0.25, 0.3) is 5.91 Å². The lowest BCUT2D eigenvalue weighted by Gasteiger charge is -2.14. The number of benzene rings is 2. The number of rotatable bonds is 9. The summed E-state index contributed by atoms with van der Waals surface area (Å²) in [5.41, 5.74) is 1.22. The fourth-order valence-corrected chi connectivity index (χ4v) is 2.95. The van der Waals surface area contributed by atoms with E-state index in [9.17, 15) is 4.79 Å². The van der Waals surface area contributed by atoms with E-state index in [1.807, 2.05) is 6.07 Å². The molecule has 0 heterocycles. The predicted octanol–water partition coefficient (Wildman–Crippen LogP) is 4.59. The SMILES string of the molecule is COc1cc(Cl)c(CNC(=S)NC(=O)c2cccc(OCCC(C)C)c2)cc1OC. The molecule has 0 fully saturated rings. The van der Waals surface area contributed by atoms with Crippen LogP contribution in [-0.4, -0.2) is 31.8 Å². The van der Waals surface area contributed by atoms with Crippen molar-refractivity contribution in [3.8, 4) is 17.2 Å². The molecule has 2 rings (SSSR count). The molecule has 2 aromatic carbocycles. The van der Waals surface area contributed by atoms with Crippen molar-refractivity contribution in [1.82, 2.24) is 10.6 Å². The minimum atomic E-state index is -0.319. The number of amides is 1. The summed E-state index contributed by atoms with van der Waals surface area (Å²) in [4.78, 5) is 12.5. The van der Waals surface area contributed by atoms with Crippen molar-refractivity contribution in [2.45, 2.75) is 26.8 Å². The largest absolute Gasteiger partial charge is 0.494 e. The molecule has 2 aromatic rings. The van der Waals surface area contributed by atoms with Gasteiger partial charge in [-0.15, -0.1) is 0 Å². The number of thiocarbonyl (C=S) groups is 1. The fourth-order valence-electron chi connectivity index (χ4n) is 2.57. The van der Waals surface area contributed by atoms with E-state index in [2.05, 4.69) is 24.5 Å². The summed E-state index contributed by atoms with van der Waals surface area (Å²) in [5, 5.41) is 6.34. The van der Waals surface area contributed by atoms with Crippen LogP contribution >= 0.6 is 23.8 Å². The number of hydrogen-bond acceptors (Lipinski definition) is 5. The molecule has 30 heavy (non-hydrogen) atoms. The highest BCUT2D eigenvalue weighted by atomic mass is 35.5. The number of methoxy groups -OCH3 is 2. The zero-order valence-corrected chi connectivity index (χ0v) is 19.2. The van der Waals surface area contributed by atoms with Crippen LogP contribution in [0.2, 0.25) is 5.02 Å².